The first kappa shape index (κ1) is 23.9. The molecule has 3 aromatic rings. The topological polar surface area (TPSA) is 106 Å². The second kappa shape index (κ2) is 9.94. The SMILES string of the molecule is COc1ccc(-c2noc(CN(C)C(=O)[C@@H]3CCCN(S(=O)(=O)c4ccc(C)cc4)C3)n2)cc1. The molecule has 2 heterocycles. The highest BCUT2D eigenvalue weighted by Gasteiger charge is 2.34. The predicted molar refractivity (Wildman–Crippen MR) is 125 cm³/mol. The van der Waals surface area contributed by atoms with Crippen LogP contribution in [-0.2, 0) is 21.4 Å². The maximum Gasteiger partial charge on any atom is 0.246 e. The molecule has 0 N–H and O–H groups in total. The van der Waals surface area contributed by atoms with E-state index in [2.05, 4.69) is 10.1 Å². The van der Waals surface area contributed by atoms with E-state index in [0.717, 1.165) is 16.9 Å². The van der Waals surface area contributed by atoms with Gasteiger partial charge in [0.1, 0.15) is 5.75 Å². The minimum Gasteiger partial charge on any atom is -0.497 e. The molecule has 0 radical (unpaired) electrons. The van der Waals surface area contributed by atoms with Crippen LogP contribution in [0.15, 0.2) is 57.9 Å². The van der Waals surface area contributed by atoms with Crippen molar-refractivity contribution in [3.8, 4) is 17.1 Å². The summed E-state index contributed by atoms with van der Waals surface area (Å²) in [6.07, 6.45) is 1.25. The monoisotopic (exact) mass is 484 g/mol. The van der Waals surface area contributed by atoms with Crippen LogP contribution in [0.4, 0.5) is 0 Å². The van der Waals surface area contributed by atoms with Crippen LogP contribution in [0.2, 0.25) is 0 Å². The Bertz CT molecular complexity index is 1240. The van der Waals surface area contributed by atoms with Crippen molar-refractivity contribution in [2.24, 2.45) is 5.92 Å². The summed E-state index contributed by atoms with van der Waals surface area (Å²) in [4.78, 5) is 19.2. The van der Waals surface area contributed by atoms with E-state index in [1.807, 2.05) is 19.1 Å². The Hall–Kier alpha value is -3.24. The highest BCUT2D eigenvalue weighted by molar-refractivity contribution is 7.89. The molecule has 34 heavy (non-hydrogen) atoms. The van der Waals surface area contributed by atoms with E-state index in [9.17, 15) is 13.2 Å². The average molecular weight is 485 g/mol. The number of nitrogens with zero attached hydrogens (tertiary/aromatic N) is 4. The first-order valence-corrected chi connectivity index (χ1v) is 12.5. The molecule has 180 valence electrons. The zero-order chi connectivity index (χ0) is 24.3. The van der Waals surface area contributed by atoms with Crippen LogP contribution in [0, 0.1) is 12.8 Å². The first-order chi connectivity index (χ1) is 16.3. The number of hydrogen-bond acceptors (Lipinski definition) is 7. The largest absolute Gasteiger partial charge is 0.497 e. The Morgan fingerprint density at radius 3 is 2.56 bits per heavy atom. The van der Waals surface area contributed by atoms with Gasteiger partial charge < -0.3 is 14.2 Å². The molecule has 10 heteroatoms. The fourth-order valence-electron chi connectivity index (χ4n) is 3.99. The van der Waals surface area contributed by atoms with Crippen LogP contribution < -0.4 is 4.74 Å². The van der Waals surface area contributed by atoms with Crippen molar-refractivity contribution in [2.45, 2.75) is 31.2 Å². The molecule has 1 aliphatic rings. The Morgan fingerprint density at radius 1 is 1.18 bits per heavy atom. The molecule has 0 spiro atoms. The molecule has 0 bridgehead atoms. The molecule has 0 aliphatic carbocycles. The lowest BCUT2D eigenvalue weighted by Crippen LogP contribution is -2.45. The van der Waals surface area contributed by atoms with Gasteiger partial charge in [-0.3, -0.25) is 4.79 Å². The number of aryl methyl sites for hydroxylation is 1. The molecule has 1 fully saturated rings. The van der Waals surface area contributed by atoms with Gasteiger partial charge in [0.25, 0.3) is 0 Å². The quantitative estimate of drug-likeness (QED) is 0.507. The molecule has 0 unspecified atom stereocenters. The Kier molecular flexibility index (Phi) is 6.99. The maximum atomic E-state index is 13.1. The van der Waals surface area contributed by atoms with Gasteiger partial charge in [0, 0.05) is 25.7 Å². The Morgan fingerprint density at radius 2 is 1.88 bits per heavy atom. The van der Waals surface area contributed by atoms with Crippen molar-refractivity contribution in [3.05, 3.63) is 60.0 Å². The lowest BCUT2D eigenvalue weighted by atomic mass is 9.98. The number of methoxy groups -OCH3 is 1. The fourth-order valence-corrected chi connectivity index (χ4v) is 5.51. The van der Waals surface area contributed by atoms with Gasteiger partial charge in [-0.05, 0) is 56.2 Å². The van der Waals surface area contributed by atoms with Gasteiger partial charge in [-0.15, -0.1) is 0 Å². The van der Waals surface area contributed by atoms with Gasteiger partial charge in [-0.1, -0.05) is 22.9 Å². The number of aromatic nitrogens is 2. The van der Waals surface area contributed by atoms with Crippen molar-refractivity contribution in [1.29, 1.82) is 0 Å². The Labute approximate surface area is 199 Å². The Balaban J connectivity index is 1.40. The van der Waals surface area contributed by atoms with E-state index in [1.54, 1.807) is 50.6 Å². The number of ether oxygens (including phenoxy) is 1. The van der Waals surface area contributed by atoms with Crippen LogP contribution in [0.25, 0.3) is 11.4 Å². The lowest BCUT2D eigenvalue weighted by molar-refractivity contribution is -0.136. The van der Waals surface area contributed by atoms with E-state index in [1.165, 1.54) is 9.21 Å². The number of benzene rings is 2. The summed E-state index contributed by atoms with van der Waals surface area (Å²) in [7, 11) is -0.395. The number of carbonyl (C=O) groups excluding carboxylic acids is 1. The standard InChI is InChI=1S/C24H28N4O5S/c1-17-6-12-21(13-7-17)34(30,31)28-14-4-5-19(15-28)24(29)27(2)16-22-25-23(26-33-22)18-8-10-20(32-3)11-9-18/h6-13,19H,4-5,14-16H2,1-3H3/t19-/m1/s1. The molecule has 1 atom stereocenters. The van der Waals surface area contributed by atoms with Crippen molar-refractivity contribution < 1.29 is 22.5 Å². The van der Waals surface area contributed by atoms with E-state index in [-0.39, 0.29) is 23.9 Å². The first-order valence-electron chi connectivity index (χ1n) is 11.1. The number of piperidine rings is 1. The van der Waals surface area contributed by atoms with Gasteiger partial charge in [0.2, 0.25) is 27.6 Å². The van der Waals surface area contributed by atoms with Crippen molar-refractivity contribution in [2.75, 3.05) is 27.2 Å². The normalized spacial score (nSPS) is 16.9. The highest BCUT2D eigenvalue weighted by Crippen LogP contribution is 2.26. The van der Waals surface area contributed by atoms with Crippen LogP contribution in [-0.4, -0.2) is 60.9 Å². The lowest BCUT2D eigenvalue weighted by Gasteiger charge is -2.33. The second-order valence-corrected chi connectivity index (χ2v) is 10.4. The summed E-state index contributed by atoms with van der Waals surface area (Å²) in [5.41, 5.74) is 1.76. The molecule has 1 aliphatic heterocycles. The molecular weight excluding hydrogens is 456 g/mol. The third-order valence-electron chi connectivity index (χ3n) is 5.96. The van der Waals surface area contributed by atoms with Crippen LogP contribution in [0.3, 0.4) is 0 Å². The van der Waals surface area contributed by atoms with Gasteiger partial charge >= 0.3 is 0 Å². The van der Waals surface area contributed by atoms with Gasteiger partial charge in [-0.25, -0.2) is 8.42 Å². The third-order valence-corrected chi connectivity index (χ3v) is 7.84. The molecule has 0 saturated carbocycles. The highest BCUT2D eigenvalue weighted by atomic mass is 32.2. The van der Waals surface area contributed by atoms with Gasteiger partial charge in [0.05, 0.1) is 24.5 Å². The summed E-state index contributed by atoms with van der Waals surface area (Å²) in [6.45, 7) is 2.60. The molecule has 1 amide bonds. The number of rotatable bonds is 7. The van der Waals surface area contributed by atoms with E-state index in [4.69, 9.17) is 9.26 Å². The van der Waals surface area contributed by atoms with E-state index >= 15 is 0 Å². The summed E-state index contributed by atoms with van der Waals surface area (Å²) >= 11 is 0. The summed E-state index contributed by atoms with van der Waals surface area (Å²) < 4.78 is 38.0. The number of hydrogen-bond donors (Lipinski definition) is 0. The molecule has 1 saturated heterocycles. The van der Waals surface area contributed by atoms with Gasteiger partial charge in [-0.2, -0.15) is 9.29 Å². The minimum absolute atomic E-state index is 0.142. The van der Waals surface area contributed by atoms with Crippen molar-refractivity contribution >= 4 is 15.9 Å². The zero-order valence-corrected chi connectivity index (χ0v) is 20.3. The van der Waals surface area contributed by atoms with E-state index in [0.29, 0.717) is 31.1 Å². The number of amides is 1. The molecule has 2 aromatic carbocycles. The third kappa shape index (κ3) is 5.13. The molecular formula is C24H28N4O5S. The average Bonchev–Trinajstić information content (AvgIpc) is 3.32. The number of sulfonamides is 1. The smallest absolute Gasteiger partial charge is 0.246 e. The van der Waals surface area contributed by atoms with Crippen LogP contribution in [0.1, 0.15) is 24.3 Å². The van der Waals surface area contributed by atoms with Gasteiger partial charge in [0.15, 0.2) is 0 Å². The van der Waals surface area contributed by atoms with Crippen molar-refractivity contribution in [3.63, 3.8) is 0 Å². The second-order valence-electron chi connectivity index (χ2n) is 8.45. The summed E-state index contributed by atoms with van der Waals surface area (Å²) in [6, 6.07) is 14.0. The number of carbonyl (C=O) groups is 1. The molecule has 9 nitrogen and oxygen atoms in total. The minimum atomic E-state index is -3.65. The molecule has 1 aromatic heterocycles. The summed E-state index contributed by atoms with van der Waals surface area (Å²) in [5, 5.41) is 4.00. The van der Waals surface area contributed by atoms with Crippen LogP contribution in [0.5, 0.6) is 5.75 Å². The predicted octanol–water partition coefficient (Wildman–Crippen LogP) is 3.11. The van der Waals surface area contributed by atoms with Crippen LogP contribution >= 0.6 is 0 Å². The fraction of sp³-hybridized carbons (Fsp3) is 0.375. The zero-order valence-electron chi connectivity index (χ0n) is 19.5. The van der Waals surface area contributed by atoms with E-state index < -0.39 is 15.9 Å². The summed E-state index contributed by atoms with van der Waals surface area (Å²) in [5.74, 6) is 0.882. The molecule has 4 rings (SSSR count). The van der Waals surface area contributed by atoms with Crippen molar-refractivity contribution in [1.82, 2.24) is 19.3 Å². The maximum absolute atomic E-state index is 13.1.